The van der Waals surface area contributed by atoms with Crippen LogP contribution in [-0.2, 0) is 0 Å². The molecule has 0 aliphatic carbocycles. The number of hydrogen-bond donors (Lipinski definition) is 1. The van der Waals surface area contributed by atoms with Gasteiger partial charge in [-0.1, -0.05) is 48.6 Å². The lowest BCUT2D eigenvalue weighted by molar-refractivity contribution is 0.290. The minimum Gasteiger partial charge on any atom is -0.493 e. The number of ether oxygens (including phenoxy) is 1. The van der Waals surface area contributed by atoms with Gasteiger partial charge in [0.25, 0.3) is 0 Å². The fourth-order valence-corrected chi connectivity index (χ4v) is 3.85. The molecule has 0 spiro atoms. The zero-order chi connectivity index (χ0) is 20.1. The summed E-state index contributed by atoms with van der Waals surface area (Å²) in [6.07, 6.45) is 4.55. The Bertz CT molecular complexity index is 1120. The van der Waals surface area contributed by atoms with Crippen molar-refractivity contribution in [3.63, 3.8) is 0 Å². The molecule has 0 saturated heterocycles. The number of thiazole rings is 1. The van der Waals surface area contributed by atoms with E-state index in [9.17, 15) is 4.39 Å². The molecule has 4 rings (SSSR count). The van der Waals surface area contributed by atoms with Crippen molar-refractivity contribution in [1.82, 2.24) is 4.98 Å². The van der Waals surface area contributed by atoms with Crippen LogP contribution in [0.1, 0.15) is 17.5 Å². The maximum absolute atomic E-state index is 12.2. The highest BCUT2D eigenvalue weighted by atomic mass is 32.1. The zero-order valence-electron chi connectivity index (χ0n) is 15.8. The minimum absolute atomic E-state index is 0.367. The summed E-state index contributed by atoms with van der Waals surface area (Å²) in [5, 5.41) is 0.968. The molecule has 0 atom stereocenters. The van der Waals surface area contributed by atoms with E-state index in [0.29, 0.717) is 13.0 Å². The van der Waals surface area contributed by atoms with Crippen LogP contribution in [0.5, 0.6) is 5.75 Å². The monoisotopic (exact) mass is 404 g/mol. The van der Waals surface area contributed by atoms with Crippen molar-refractivity contribution in [2.45, 2.75) is 6.42 Å². The van der Waals surface area contributed by atoms with Gasteiger partial charge in [-0.05, 0) is 35.4 Å². The SMILES string of the molecule is Nc1ccc(/C=C/c2ccc(-c3nc4cc(OCCCF)ccc4s3)cc2)cc1. The van der Waals surface area contributed by atoms with Crippen LogP contribution in [0, 0.1) is 0 Å². The van der Waals surface area contributed by atoms with Crippen molar-refractivity contribution < 1.29 is 9.13 Å². The van der Waals surface area contributed by atoms with E-state index >= 15 is 0 Å². The molecule has 0 aliphatic rings. The maximum atomic E-state index is 12.2. The second-order valence-corrected chi connectivity index (χ2v) is 7.69. The Morgan fingerprint density at radius 2 is 1.62 bits per heavy atom. The van der Waals surface area contributed by atoms with Crippen LogP contribution in [0.4, 0.5) is 10.1 Å². The van der Waals surface area contributed by atoms with Crippen LogP contribution in [0.3, 0.4) is 0 Å². The molecule has 3 nitrogen and oxygen atoms in total. The number of nitrogens with two attached hydrogens (primary N) is 1. The maximum Gasteiger partial charge on any atom is 0.124 e. The molecule has 29 heavy (non-hydrogen) atoms. The highest BCUT2D eigenvalue weighted by Gasteiger charge is 2.07. The van der Waals surface area contributed by atoms with Gasteiger partial charge in [0.2, 0.25) is 0 Å². The number of hydrogen-bond acceptors (Lipinski definition) is 4. The summed E-state index contributed by atoms with van der Waals surface area (Å²) < 4.78 is 18.9. The first-order valence-corrected chi connectivity index (χ1v) is 10.3. The highest BCUT2D eigenvalue weighted by Crippen LogP contribution is 2.32. The zero-order valence-corrected chi connectivity index (χ0v) is 16.7. The van der Waals surface area contributed by atoms with Crippen LogP contribution in [0.2, 0.25) is 0 Å². The van der Waals surface area contributed by atoms with Gasteiger partial charge < -0.3 is 10.5 Å². The summed E-state index contributed by atoms with van der Waals surface area (Å²) in [6.45, 7) is 0.0125. The van der Waals surface area contributed by atoms with E-state index in [4.69, 9.17) is 15.5 Å². The summed E-state index contributed by atoms with van der Waals surface area (Å²) in [7, 11) is 0. The van der Waals surface area contributed by atoms with Crippen LogP contribution in [-0.4, -0.2) is 18.3 Å². The fourth-order valence-electron chi connectivity index (χ4n) is 2.90. The van der Waals surface area contributed by atoms with Gasteiger partial charge >= 0.3 is 0 Å². The molecular formula is C24H21FN2OS. The topological polar surface area (TPSA) is 48.1 Å². The van der Waals surface area contributed by atoms with E-state index in [2.05, 4.69) is 36.4 Å². The smallest absolute Gasteiger partial charge is 0.124 e. The minimum atomic E-state index is -0.367. The van der Waals surface area contributed by atoms with E-state index in [1.165, 1.54) is 0 Å². The van der Waals surface area contributed by atoms with Crippen LogP contribution < -0.4 is 10.5 Å². The summed E-state index contributed by atoms with van der Waals surface area (Å²) in [5.41, 5.74) is 10.7. The largest absolute Gasteiger partial charge is 0.493 e. The van der Waals surface area contributed by atoms with Crippen molar-refractivity contribution >= 4 is 39.4 Å². The molecule has 1 heterocycles. The van der Waals surface area contributed by atoms with Gasteiger partial charge in [0.05, 0.1) is 23.5 Å². The Morgan fingerprint density at radius 1 is 0.931 bits per heavy atom. The van der Waals surface area contributed by atoms with Gasteiger partial charge in [0.1, 0.15) is 10.8 Å². The molecule has 2 N–H and O–H groups in total. The average Bonchev–Trinajstić information content (AvgIpc) is 3.17. The first-order valence-electron chi connectivity index (χ1n) is 9.45. The molecule has 0 unspecified atom stereocenters. The summed E-state index contributed by atoms with van der Waals surface area (Å²) in [4.78, 5) is 4.74. The third-order valence-corrected chi connectivity index (χ3v) is 5.55. The summed E-state index contributed by atoms with van der Waals surface area (Å²) in [6, 6.07) is 21.9. The summed E-state index contributed by atoms with van der Waals surface area (Å²) in [5.74, 6) is 0.728. The molecule has 3 aromatic carbocycles. The number of alkyl halides is 1. The molecule has 0 fully saturated rings. The molecule has 4 aromatic rings. The number of nitrogens with zero attached hydrogens (tertiary/aromatic N) is 1. The van der Waals surface area contributed by atoms with Crippen molar-refractivity contribution in [1.29, 1.82) is 0 Å². The Balaban J connectivity index is 1.49. The van der Waals surface area contributed by atoms with Gasteiger partial charge in [-0.2, -0.15) is 0 Å². The number of nitrogen functional groups attached to an aromatic ring is 1. The van der Waals surface area contributed by atoms with Crippen molar-refractivity contribution in [3.05, 3.63) is 77.9 Å². The van der Waals surface area contributed by atoms with Crippen molar-refractivity contribution in [2.75, 3.05) is 19.0 Å². The Hall–Kier alpha value is -3.18. The van der Waals surface area contributed by atoms with E-state index in [1.54, 1.807) is 11.3 Å². The second kappa shape index (κ2) is 8.88. The predicted molar refractivity (Wildman–Crippen MR) is 121 cm³/mol. The van der Waals surface area contributed by atoms with E-state index in [-0.39, 0.29) is 6.67 Å². The molecule has 0 saturated carbocycles. The van der Waals surface area contributed by atoms with E-state index in [0.717, 1.165) is 43.4 Å². The average molecular weight is 405 g/mol. The lowest BCUT2D eigenvalue weighted by Crippen LogP contribution is -1.97. The fraction of sp³-hybridized carbons (Fsp3) is 0.125. The normalized spacial score (nSPS) is 11.3. The molecule has 0 aliphatic heterocycles. The Labute approximate surface area is 173 Å². The molecule has 0 amide bonds. The number of benzene rings is 3. The lowest BCUT2D eigenvalue weighted by atomic mass is 10.1. The molecule has 1 aromatic heterocycles. The quantitative estimate of drug-likeness (QED) is 0.219. The van der Waals surface area contributed by atoms with E-state index in [1.807, 2.05) is 42.5 Å². The second-order valence-electron chi connectivity index (χ2n) is 6.66. The van der Waals surface area contributed by atoms with Crippen LogP contribution in [0.15, 0.2) is 66.7 Å². The number of fused-ring (bicyclic) bond motifs is 1. The van der Waals surface area contributed by atoms with Gasteiger partial charge in [0.15, 0.2) is 0 Å². The van der Waals surface area contributed by atoms with Crippen LogP contribution in [0.25, 0.3) is 32.9 Å². The van der Waals surface area contributed by atoms with E-state index < -0.39 is 0 Å². The molecule has 146 valence electrons. The molecule has 0 radical (unpaired) electrons. The standard InChI is InChI=1S/C24H21FN2OS/c25-14-1-15-28-21-12-13-23-22(16-21)27-24(29-23)19-8-4-17(5-9-19)2-3-18-6-10-20(26)11-7-18/h2-13,16H,1,14-15,26H2/b3-2+. The highest BCUT2D eigenvalue weighted by molar-refractivity contribution is 7.21. The van der Waals surface area contributed by atoms with Crippen molar-refractivity contribution in [3.8, 4) is 16.3 Å². The number of aromatic nitrogens is 1. The third-order valence-electron chi connectivity index (χ3n) is 4.47. The van der Waals surface area contributed by atoms with Crippen molar-refractivity contribution in [2.24, 2.45) is 0 Å². The van der Waals surface area contributed by atoms with Crippen LogP contribution >= 0.6 is 11.3 Å². The number of halogens is 1. The van der Waals surface area contributed by atoms with Gasteiger partial charge in [-0.25, -0.2) is 4.98 Å². The first kappa shape index (κ1) is 19.2. The number of anilines is 1. The van der Waals surface area contributed by atoms with Gasteiger partial charge in [-0.3, -0.25) is 4.39 Å². The van der Waals surface area contributed by atoms with Gasteiger partial charge in [0, 0.05) is 23.7 Å². The molecular weight excluding hydrogens is 383 g/mol. The first-order chi connectivity index (χ1) is 14.2. The lowest BCUT2D eigenvalue weighted by Gasteiger charge is -2.03. The third kappa shape index (κ3) is 4.81. The Morgan fingerprint density at radius 3 is 2.31 bits per heavy atom. The predicted octanol–water partition coefficient (Wildman–Crippen LogP) is 6.45. The number of rotatable bonds is 7. The Kier molecular flexibility index (Phi) is 5.86. The summed E-state index contributed by atoms with van der Waals surface area (Å²) >= 11 is 1.65. The molecule has 0 bridgehead atoms. The van der Waals surface area contributed by atoms with Gasteiger partial charge in [-0.15, -0.1) is 11.3 Å². The molecule has 5 heteroatoms.